The van der Waals surface area contributed by atoms with Crippen LogP contribution in [0.1, 0.15) is 29.4 Å². The number of nitrogens with zero attached hydrogens (tertiary/aromatic N) is 2. The Morgan fingerprint density at radius 2 is 2.10 bits per heavy atom. The van der Waals surface area contributed by atoms with Crippen LogP contribution in [0, 0.1) is 19.7 Å². The molecular formula is C15H19BrFN3. The van der Waals surface area contributed by atoms with Crippen LogP contribution in [0.2, 0.25) is 0 Å². The van der Waals surface area contributed by atoms with E-state index in [1.165, 1.54) is 6.07 Å². The maximum atomic E-state index is 13.9. The molecule has 0 aliphatic carbocycles. The van der Waals surface area contributed by atoms with E-state index in [-0.39, 0.29) is 11.9 Å². The Balaban J connectivity index is 2.30. The number of nitrogens with two attached hydrogens (primary N) is 1. The van der Waals surface area contributed by atoms with E-state index < -0.39 is 0 Å². The number of aryl methyl sites for hydroxylation is 1. The number of halogens is 2. The lowest BCUT2D eigenvalue weighted by atomic mass is 10.1. The van der Waals surface area contributed by atoms with E-state index >= 15 is 0 Å². The number of rotatable bonds is 4. The lowest BCUT2D eigenvalue weighted by molar-refractivity contribution is 0.577. The zero-order valence-corrected chi connectivity index (χ0v) is 13.5. The van der Waals surface area contributed by atoms with Crippen LogP contribution in [-0.2, 0) is 13.0 Å². The van der Waals surface area contributed by atoms with Gasteiger partial charge >= 0.3 is 0 Å². The van der Waals surface area contributed by atoms with Crippen molar-refractivity contribution in [3.63, 3.8) is 0 Å². The molecule has 0 spiro atoms. The van der Waals surface area contributed by atoms with Crippen molar-refractivity contribution in [3.05, 3.63) is 51.0 Å². The van der Waals surface area contributed by atoms with Gasteiger partial charge in [0.1, 0.15) is 5.82 Å². The molecule has 20 heavy (non-hydrogen) atoms. The molecule has 108 valence electrons. The highest BCUT2D eigenvalue weighted by Crippen LogP contribution is 2.19. The fourth-order valence-corrected chi connectivity index (χ4v) is 2.65. The summed E-state index contributed by atoms with van der Waals surface area (Å²) in [5.74, 6) is -0.222. The quantitative estimate of drug-likeness (QED) is 0.928. The van der Waals surface area contributed by atoms with Crippen molar-refractivity contribution in [1.29, 1.82) is 0 Å². The first-order chi connectivity index (χ1) is 9.38. The molecule has 1 aromatic heterocycles. The molecule has 3 nitrogen and oxygen atoms in total. The fourth-order valence-electron chi connectivity index (χ4n) is 2.32. The highest BCUT2D eigenvalue weighted by atomic mass is 79.9. The second-order valence-corrected chi connectivity index (χ2v) is 6.14. The van der Waals surface area contributed by atoms with Gasteiger partial charge < -0.3 is 5.73 Å². The van der Waals surface area contributed by atoms with Gasteiger partial charge in [0.05, 0.1) is 12.2 Å². The topological polar surface area (TPSA) is 43.8 Å². The summed E-state index contributed by atoms with van der Waals surface area (Å²) in [6.07, 6.45) is 0.792. The Kier molecular flexibility index (Phi) is 4.60. The predicted molar refractivity (Wildman–Crippen MR) is 82.3 cm³/mol. The summed E-state index contributed by atoms with van der Waals surface area (Å²) < 4.78 is 16.5. The van der Waals surface area contributed by atoms with Crippen LogP contribution >= 0.6 is 15.9 Å². The first-order valence-corrected chi connectivity index (χ1v) is 7.40. The van der Waals surface area contributed by atoms with Gasteiger partial charge in [0, 0.05) is 21.8 Å². The van der Waals surface area contributed by atoms with E-state index in [1.54, 1.807) is 6.07 Å². The Morgan fingerprint density at radius 3 is 2.70 bits per heavy atom. The average molecular weight is 340 g/mol. The Morgan fingerprint density at radius 1 is 1.40 bits per heavy atom. The van der Waals surface area contributed by atoms with Crippen molar-refractivity contribution in [2.75, 3.05) is 0 Å². The molecule has 2 N–H and O–H groups in total. The summed E-state index contributed by atoms with van der Waals surface area (Å²) in [5, 5.41) is 4.50. The zero-order valence-electron chi connectivity index (χ0n) is 12.0. The predicted octanol–water partition coefficient (Wildman–Crippen LogP) is 3.34. The van der Waals surface area contributed by atoms with Crippen molar-refractivity contribution in [2.24, 2.45) is 5.73 Å². The van der Waals surface area contributed by atoms with Gasteiger partial charge in [-0.15, -0.1) is 0 Å². The zero-order chi connectivity index (χ0) is 14.9. The second kappa shape index (κ2) is 6.06. The van der Waals surface area contributed by atoms with Crippen molar-refractivity contribution < 1.29 is 4.39 Å². The highest BCUT2D eigenvalue weighted by Gasteiger charge is 2.14. The van der Waals surface area contributed by atoms with E-state index in [2.05, 4.69) is 21.0 Å². The van der Waals surface area contributed by atoms with E-state index in [9.17, 15) is 4.39 Å². The minimum absolute atomic E-state index is 0.0921. The molecule has 2 rings (SSSR count). The minimum atomic E-state index is -0.222. The number of benzene rings is 1. The summed E-state index contributed by atoms with van der Waals surface area (Å²) in [4.78, 5) is 0. The van der Waals surface area contributed by atoms with Gasteiger partial charge in [-0.05, 0) is 44.9 Å². The van der Waals surface area contributed by atoms with Crippen LogP contribution in [0.3, 0.4) is 0 Å². The molecule has 1 heterocycles. The molecule has 0 radical (unpaired) electrons. The SMILES string of the molecule is Cc1nn(Cc2ccc(Br)cc2F)c(C)c1CC(C)N. The molecule has 5 heteroatoms. The second-order valence-electron chi connectivity index (χ2n) is 5.22. The smallest absolute Gasteiger partial charge is 0.129 e. The van der Waals surface area contributed by atoms with Crippen molar-refractivity contribution in [1.82, 2.24) is 9.78 Å². The normalized spacial score (nSPS) is 12.7. The third kappa shape index (κ3) is 3.27. The van der Waals surface area contributed by atoms with Crippen molar-refractivity contribution >= 4 is 15.9 Å². The summed E-state index contributed by atoms with van der Waals surface area (Å²) in [6, 6.07) is 5.19. The van der Waals surface area contributed by atoms with Crippen LogP contribution in [-0.4, -0.2) is 15.8 Å². The monoisotopic (exact) mass is 339 g/mol. The maximum Gasteiger partial charge on any atom is 0.129 e. The number of hydrogen-bond acceptors (Lipinski definition) is 2. The van der Waals surface area contributed by atoms with Crippen molar-refractivity contribution in [2.45, 2.75) is 39.8 Å². The van der Waals surface area contributed by atoms with Gasteiger partial charge in [0.25, 0.3) is 0 Å². The molecule has 0 bridgehead atoms. The summed E-state index contributed by atoms with van der Waals surface area (Å²) in [7, 11) is 0. The highest BCUT2D eigenvalue weighted by molar-refractivity contribution is 9.10. The molecule has 1 aromatic carbocycles. The number of hydrogen-bond donors (Lipinski definition) is 1. The Labute approximate surface area is 127 Å². The minimum Gasteiger partial charge on any atom is -0.328 e. The molecule has 0 amide bonds. The third-order valence-corrected chi connectivity index (χ3v) is 3.89. The molecule has 0 aliphatic heterocycles. The molecule has 0 aliphatic rings. The summed E-state index contributed by atoms with van der Waals surface area (Å²) in [6.45, 7) is 6.39. The molecule has 2 aromatic rings. The standard InChI is InChI=1S/C15H19BrFN3/c1-9(18)6-14-10(2)19-20(11(14)3)8-12-4-5-13(16)7-15(12)17/h4-5,7,9H,6,8,18H2,1-3H3. The van der Waals surface area contributed by atoms with E-state index in [0.29, 0.717) is 12.1 Å². The van der Waals surface area contributed by atoms with Gasteiger partial charge in [-0.3, -0.25) is 4.68 Å². The molecule has 1 atom stereocenters. The Bertz CT molecular complexity index is 620. The first kappa shape index (κ1) is 15.2. The van der Waals surface area contributed by atoms with Crippen LogP contribution in [0.5, 0.6) is 0 Å². The van der Waals surface area contributed by atoms with E-state index in [1.807, 2.05) is 31.5 Å². The first-order valence-electron chi connectivity index (χ1n) is 6.61. The molecule has 0 saturated heterocycles. The molecule has 0 fully saturated rings. The number of aromatic nitrogens is 2. The third-order valence-electron chi connectivity index (χ3n) is 3.39. The van der Waals surface area contributed by atoms with Crippen molar-refractivity contribution in [3.8, 4) is 0 Å². The van der Waals surface area contributed by atoms with Crippen LogP contribution < -0.4 is 5.73 Å². The van der Waals surface area contributed by atoms with Gasteiger partial charge in [-0.25, -0.2) is 4.39 Å². The average Bonchev–Trinajstić information content (AvgIpc) is 2.60. The largest absolute Gasteiger partial charge is 0.328 e. The van der Waals surface area contributed by atoms with E-state index in [4.69, 9.17) is 5.73 Å². The van der Waals surface area contributed by atoms with Crippen LogP contribution in [0.15, 0.2) is 22.7 Å². The van der Waals surface area contributed by atoms with Gasteiger partial charge in [0.15, 0.2) is 0 Å². The lowest BCUT2D eigenvalue weighted by Crippen LogP contribution is -2.18. The molecule has 0 saturated carbocycles. The molecular weight excluding hydrogens is 321 g/mol. The molecule has 1 unspecified atom stereocenters. The Hall–Kier alpha value is -1.20. The van der Waals surface area contributed by atoms with Crippen LogP contribution in [0.4, 0.5) is 4.39 Å². The summed E-state index contributed by atoms with van der Waals surface area (Å²) >= 11 is 3.26. The fraction of sp³-hybridized carbons (Fsp3) is 0.400. The summed E-state index contributed by atoms with van der Waals surface area (Å²) in [5.41, 5.74) is 9.68. The lowest BCUT2D eigenvalue weighted by Gasteiger charge is -2.08. The maximum absolute atomic E-state index is 13.9. The van der Waals surface area contributed by atoms with Crippen LogP contribution in [0.25, 0.3) is 0 Å². The van der Waals surface area contributed by atoms with Gasteiger partial charge in [-0.1, -0.05) is 22.0 Å². The van der Waals surface area contributed by atoms with Gasteiger partial charge in [-0.2, -0.15) is 5.10 Å². The van der Waals surface area contributed by atoms with Gasteiger partial charge in [0.2, 0.25) is 0 Å². The van der Waals surface area contributed by atoms with E-state index in [0.717, 1.165) is 27.8 Å².